The van der Waals surface area contributed by atoms with E-state index < -0.39 is 0 Å². The summed E-state index contributed by atoms with van der Waals surface area (Å²) in [6.45, 7) is 1.86. The molecular formula is C22H23Cl2N5. The Hall–Kier alpha value is -2.50. The van der Waals surface area contributed by atoms with Gasteiger partial charge in [-0.15, -0.1) is 0 Å². The second-order valence-electron chi connectivity index (χ2n) is 7.33. The topological polar surface area (TPSA) is 67.1 Å². The van der Waals surface area contributed by atoms with E-state index in [9.17, 15) is 0 Å². The highest BCUT2D eigenvalue weighted by molar-refractivity contribution is 6.36. The summed E-state index contributed by atoms with van der Waals surface area (Å²) in [5, 5.41) is 4.29. The first-order valence-corrected chi connectivity index (χ1v) is 10.5. The highest BCUT2D eigenvalue weighted by atomic mass is 35.5. The highest BCUT2D eigenvalue weighted by Crippen LogP contribution is 2.34. The van der Waals surface area contributed by atoms with Gasteiger partial charge in [-0.25, -0.2) is 9.97 Å². The van der Waals surface area contributed by atoms with Crippen LogP contribution in [0.25, 0.3) is 0 Å². The molecule has 0 unspecified atom stereocenters. The summed E-state index contributed by atoms with van der Waals surface area (Å²) in [7, 11) is 0. The Morgan fingerprint density at radius 3 is 2.52 bits per heavy atom. The standard InChI is InChI=1S/C22H23Cl2N5/c23-17-6-7-19(18(24)13-17)28-21-20(25)22(27-14-26-21)29-10-8-16(9-11-29)12-15-4-2-1-3-5-15/h1-7,13-14,16H,8-12,25H2,(H,26,27,28). The van der Waals surface area contributed by atoms with Crippen LogP contribution in [-0.4, -0.2) is 23.1 Å². The van der Waals surface area contributed by atoms with Gasteiger partial charge in [0.1, 0.15) is 12.0 Å². The first-order chi connectivity index (χ1) is 14.1. The molecule has 1 aliphatic rings. The minimum absolute atomic E-state index is 0.513. The molecule has 7 heteroatoms. The SMILES string of the molecule is Nc1c(Nc2ccc(Cl)cc2Cl)ncnc1N1CCC(Cc2ccccc2)CC1. The van der Waals surface area contributed by atoms with Crippen LogP contribution in [0.15, 0.2) is 54.9 Å². The van der Waals surface area contributed by atoms with Gasteiger partial charge < -0.3 is 16.0 Å². The molecule has 29 heavy (non-hydrogen) atoms. The van der Waals surface area contributed by atoms with Crippen LogP contribution in [0.1, 0.15) is 18.4 Å². The van der Waals surface area contributed by atoms with Crippen LogP contribution in [0.4, 0.5) is 23.0 Å². The maximum atomic E-state index is 6.40. The fourth-order valence-corrected chi connectivity index (χ4v) is 4.21. The van der Waals surface area contributed by atoms with E-state index in [1.54, 1.807) is 18.2 Å². The number of nitrogens with two attached hydrogens (primary N) is 1. The molecule has 1 fully saturated rings. The van der Waals surface area contributed by atoms with Gasteiger partial charge in [0.2, 0.25) is 0 Å². The predicted molar refractivity (Wildman–Crippen MR) is 121 cm³/mol. The van der Waals surface area contributed by atoms with Crippen molar-refractivity contribution < 1.29 is 0 Å². The molecule has 150 valence electrons. The summed E-state index contributed by atoms with van der Waals surface area (Å²) < 4.78 is 0. The monoisotopic (exact) mass is 427 g/mol. The number of halogens is 2. The molecule has 5 nitrogen and oxygen atoms in total. The second kappa shape index (κ2) is 8.89. The van der Waals surface area contributed by atoms with E-state index in [1.165, 1.54) is 11.9 Å². The van der Waals surface area contributed by atoms with E-state index in [0.29, 0.717) is 33.2 Å². The normalized spacial score (nSPS) is 14.8. The number of anilines is 4. The van der Waals surface area contributed by atoms with Gasteiger partial charge in [0.05, 0.1) is 10.7 Å². The Bertz CT molecular complexity index is 972. The van der Waals surface area contributed by atoms with Crippen LogP contribution in [0.2, 0.25) is 10.0 Å². The van der Waals surface area contributed by atoms with Gasteiger partial charge in [-0.05, 0) is 48.9 Å². The molecule has 0 radical (unpaired) electrons. The van der Waals surface area contributed by atoms with E-state index in [-0.39, 0.29) is 0 Å². The van der Waals surface area contributed by atoms with Crippen molar-refractivity contribution in [2.75, 3.05) is 29.0 Å². The van der Waals surface area contributed by atoms with Crippen molar-refractivity contribution in [1.82, 2.24) is 9.97 Å². The van der Waals surface area contributed by atoms with Crippen molar-refractivity contribution in [3.05, 3.63) is 70.5 Å². The Morgan fingerprint density at radius 1 is 1.03 bits per heavy atom. The summed E-state index contributed by atoms with van der Waals surface area (Å²) in [5.74, 6) is 2.00. The lowest BCUT2D eigenvalue weighted by molar-refractivity contribution is 0.402. The second-order valence-corrected chi connectivity index (χ2v) is 8.17. The van der Waals surface area contributed by atoms with Gasteiger partial charge in [-0.2, -0.15) is 0 Å². The molecule has 2 heterocycles. The maximum Gasteiger partial charge on any atom is 0.159 e. The van der Waals surface area contributed by atoms with Crippen LogP contribution in [0.3, 0.4) is 0 Å². The van der Waals surface area contributed by atoms with Gasteiger partial charge in [0.25, 0.3) is 0 Å². The number of aromatic nitrogens is 2. The summed E-state index contributed by atoms with van der Waals surface area (Å²) in [6.07, 6.45) is 4.89. The highest BCUT2D eigenvalue weighted by Gasteiger charge is 2.23. The van der Waals surface area contributed by atoms with E-state index in [0.717, 1.165) is 38.2 Å². The third-order valence-electron chi connectivity index (χ3n) is 5.33. The number of hydrogen-bond acceptors (Lipinski definition) is 5. The first-order valence-electron chi connectivity index (χ1n) is 9.71. The first kappa shape index (κ1) is 19.8. The molecule has 0 bridgehead atoms. The van der Waals surface area contributed by atoms with Crippen molar-refractivity contribution in [3.63, 3.8) is 0 Å². The van der Waals surface area contributed by atoms with E-state index >= 15 is 0 Å². The molecule has 0 aliphatic carbocycles. The molecule has 0 saturated carbocycles. The van der Waals surface area contributed by atoms with Gasteiger partial charge >= 0.3 is 0 Å². The Balaban J connectivity index is 1.44. The summed E-state index contributed by atoms with van der Waals surface area (Å²) in [6, 6.07) is 15.9. The molecular weight excluding hydrogens is 405 g/mol. The third kappa shape index (κ3) is 4.74. The smallest absolute Gasteiger partial charge is 0.159 e. The average Bonchev–Trinajstić information content (AvgIpc) is 2.73. The molecule has 0 amide bonds. The van der Waals surface area contributed by atoms with E-state index in [1.807, 2.05) is 0 Å². The zero-order chi connectivity index (χ0) is 20.2. The lowest BCUT2D eigenvalue weighted by atomic mass is 9.90. The van der Waals surface area contributed by atoms with Crippen LogP contribution < -0.4 is 16.0 Å². The van der Waals surface area contributed by atoms with Gasteiger partial charge in [0.15, 0.2) is 11.6 Å². The zero-order valence-electron chi connectivity index (χ0n) is 16.0. The largest absolute Gasteiger partial charge is 0.393 e. The van der Waals surface area contributed by atoms with Crippen LogP contribution in [0, 0.1) is 5.92 Å². The van der Waals surface area contributed by atoms with Crippen molar-refractivity contribution in [1.29, 1.82) is 0 Å². The molecule has 0 spiro atoms. The molecule has 1 aromatic heterocycles. The van der Waals surface area contributed by atoms with Gasteiger partial charge in [-0.3, -0.25) is 0 Å². The van der Waals surface area contributed by atoms with Crippen molar-refractivity contribution in [2.45, 2.75) is 19.3 Å². The number of nitrogens with zero attached hydrogens (tertiary/aromatic N) is 3. The summed E-state index contributed by atoms with van der Waals surface area (Å²) >= 11 is 12.2. The summed E-state index contributed by atoms with van der Waals surface area (Å²) in [4.78, 5) is 11.0. The molecule has 1 saturated heterocycles. The zero-order valence-corrected chi connectivity index (χ0v) is 17.5. The fourth-order valence-electron chi connectivity index (χ4n) is 3.75. The van der Waals surface area contributed by atoms with Crippen molar-refractivity contribution >= 4 is 46.2 Å². The van der Waals surface area contributed by atoms with E-state index in [4.69, 9.17) is 28.9 Å². The molecule has 3 aromatic rings. The average molecular weight is 428 g/mol. The minimum atomic E-state index is 0.513. The van der Waals surface area contributed by atoms with Crippen molar-refractivity contribution in [2.24, 2.45) is 5.92 Å². The lowest BCUT2D eigenvalue weighted by Gasteiger charge is -2.33. The van der Waals surface area contributed by atoms with E-state index in [2.05, 4.69) is 50.5 Å². The minimum Gasteiger partial charge on any atom is -0.393 e. The molecule has 4 rings (SSSR count). The maximum absolute atomic E-state index is 6.40. The molecule has 3 N–H and O–H groups in total. The molecule has 2 aromatic carbocycles. The van der Waals surface area contributed by atoms with Gasteiger partial charge in [-0.1, -0.05) is 53.5 Å². The number of benzene rings is 2. The number of rotatable bonds is 5. The molecule has 0 atom stereocenters. The number of piperidine rings is 1. The third-order valence-corrected chi connectivity index (χ3v) is 5.88. The van der Waals surface area contributed by atoms with Crippen LogP contribution in [-0.2, 0) is 6.42 Å². The number of hydrogen-bond donors (Lipinski definition) is 2. The number of nitrogens with one attached hydrogen (secondary N) is 1. The van der Waals surface area contributed by atoms with Crippen molar-refractivity contribution in [3.8, 4) is 0 Å². The Kier molecular flexibility index (Phi) is 6.07. The van der Waals surface area contributed by atoms with Crippen LogP contribution >= 0.6 is 23.2 Å². The Morgan fingerprint density at radius 2 is 1.79 bits per heavy atom. The predicted octanol–water partition coefficient (Wildman–Crippen LogP) is 5.57. The Labute approximate surface area is 180 Å². The van der Waals surface area contributed by atoms with Crippen LogP contribution in [0.5, 0.6) is 0 Å². The molecule has 1 aliphatic heterocycles. The summed E-state index contributed by atoms with van der Waals surface area (Å²) in [5.41, 5.74) is 9.03. The number of nitrogen functional groups attached to an aromatic ring is 1. The van der Waals surface area contributed by atoms with Gasteiger partial charge in [0, 0.05) is 18.1 Å². The quantitative estimate of drug-likeness (QED) is 0.556. The lowest BCUT2D eigenvalue weighted by Crippen LogP contribution is -2.35. The fraction of sp³-hybridized carbons (Fsp3) is 0.273.